The Morgan fingerprint density at radius 2 is 1.94 bits per heavy atom. The first-order valence-electron chi connectivity index (χ1n) is 12.2. The first-order chi connectivity index (χ1) is 17.1. The lowest BCUT2D eigenvalue weighted by Gasteiger charge is -2.43. The summed E-state index contributed by atoms with van der Waals surface area (Å²) in [6.45, 7) is 3.15. The molecule has 0 spiro atoms. The summed E-state index contributed by atoms with van der Waals surface area (Å²) in [5, 5.41) is 0.983. The Bertz CT molecular complexity index is 1140. The van der Waals surface area contributed by atoms with Crippen LogP contribution in [0.5, 0.6) is 0 Å². The fourth-order valence-corrected chi connectivity index (χ4v) is 5.77. The highest BCUT2D eigenvalue weighted by atomic mass is 35.5. The molecule has 2 aliphatic rings. The first kappa shape index (κ1) is 26.7. The van der Waals surface area contributed by atoms with Crippen molar-refractivity contribution in [2.45, 2.75) is 64.2 Å². The molecular weight excluding hydrogens is 514 g/mol. The van der Waals surface area contributed by atoms with Gasteiger partial charge in [-0.05, 0) is 55.0 Å². The summed E-state index contributed by atoms with van der Waals surface area (Å²) in [5.74, 6) is -1.34. The number of hydrogen-bond donors (Lipinski definition) is 0. The topological polar surface area (TPSA) is 53.5 Å². The maximum absolute atomic E-state index is 13.8. The van der Waals surface area contributed by atoms with Crippen LogP contribution < -0.4 is 0 Å². The van der Waals surface area contributed by atoms with Crippen LogP contribution in [0.3, 0.4) is 0 Å². The summed E-state index contributed by atoms with van der Waals surface area (Å²) in [6, 6.07) is 5.14. The molecule has 10 heteroatoms. The Balaban J connectivity index is 1.60. The first-order valence-corrected chi connectivity index (χ1v) is 13.0. The van der Waals surface area contributed by atoms with E-state index in [2.05, 4.69) is 4.98 Å². The Morgan fingerprint density at radius 1 is 1.17 bits per heavy atom. The van der Waals surface area contributed by atoms with Gasteiger partial charge in [0.05, 0.1) is 21.5 Å². The fraction of sp³-hybridized carbons (Fsp3) is 0.500. The number of hydrogen-bond acceptors (Lipinski definition) is 3. The van der Waals surface area contributed by atoms with Crippen LogP contribution in [0, 0.1) is 5.92 Å². The van der Waals surface area contributed by atoms with E-state index in [1.165, 1.54) is 17.2 Å². The molecule has 2 atom stereocenters. The fourth-order valence-electron chi connectivity index (χ4n) is 5.31. The third kappa shape index (κ3) is 5.35. The molecule has 5 nitrogen and oxygen atoms in total. The Morgan fingerprint density at radius 3 is 2.67 bits per heavy atom. The summed E-state index contributed by atoms with van der Waals surface area (Å²) in [6.07, 6.45) is 0.307. The van der Waals surface area contributed by atoms with Crippen molar-refractivity contribution >= 4 is 35.0 Å². The van der Waals surface area contributed by atoms with Crippen LogP contribution in [0.2, 0.25) is 10.0 Å². The van der Waals surface area contributed by atoms with Gasteiger partial charge in [0.15, 0.2) is 0 Å². The molecule has 3 heterocycles. The maximum atomic E-state index is 13.8. The number of nitrogens with zero attached hydrogens (tertiary/aromatic N) is 3. The molecule has 0 N–H and O–H groups in total. The van der Waals surface area contributed by atoms with Gasteiger partial charge in [0.1, 0.15) is 5.69 Å². The number of halogens is 5. The zero-order valence-corrected chi connectivity index (χ0v) is 21.5. The smallest absolute Gasteiger partial charge is 0.338 e. The minimum Gasteiger partial charge on any atom is -0.338 e. The maximum Gasteiger partial charge on any atom is 0.418 e. The van der Waals surface area contributed by atoms with Crippen LogP contribution in [-0.2, 0) is 23.9 Å². The largest absolute Gasteiger partial charge is 0.418 e. The van der Waals surface area contributed by atoms with Gasteiger partial charge in [-0.1, -0.05) is 49.0 Å². The molecule has 1 aromatic carbocycles. The van der Waals surface area contributed by atoms with Gasteiger partial charge in [0, 0.05) is 31.9 Å². The SMILES string of the molecule is CCCC[C@@H]1[C@H](C(=O)N2CCc3c(ccc(Cl)c3Cl)C2)CCCN1C(=O)c1ncccc1C(F)(F)F. The number of fused-ring (bicyclic) bond motifs is 1. The molecule has 2 aliphatic heterocycles. The van der Waals surface area contributed by atoms with E-state index < -0.39 is 35.3 Å². The average molecular weight is 542 g/mol. The average Bonchev–Trinajstić information content (AvgIpc) is 2.88. The van der Waals surface area contributed by atoms with Gasteiger partial charge in [-0.3, -0.25) is 14.6 Å². The Kier molecular flexibility index (Phi) is 8.15. The van der Waals surface area contributed by atoms with Crippen molar-refractivity contribution < 1.29 is 22.8 Å². The summed E-state index contributed by atoms with van der Waals surface area (Å²) in [5.41, 5.74) is 0.200. The number of piperidine rings is 1. The number of rotatable bonds is 5. The molecule has 36 heavy (non-hydrogen) atoms. The molecule has 0 radical (unpaired) electrons. The van der Waals surface area contributed by atoms with Crippen molar-refractivity contribution in [3.8, 4) is 0 Å². The van der Waals surface area contributed by atoms with E-state index in [1.54, 1.807) is 11.0 Å². The summed E-state index contributed by atoms with van der Waals surface area (Å²) < 4.78 is 40.8. The summed E-state index contributed by atoms with van der Waals surface area (Å²) >= 11 is 12.5. The van der Waals surface area contributed by atoms with Crippen LogP contribution in [-0.4, -0.2) is 45.7 Å². The number of aromatic nitrogens is 1. The lowest BCUT2D eigenvalue weighted by Crippen LogP contribution is -2.54. The second-order valence-electron chi connectivity index (χ2n) is 9.36. The predicted octanol–water partition coefficient (Wildman–Crippen LogP) is 6.40. The molecule has 194 valence electrons. The number of amides is 2. The van der Waals surface area contributed by atoms with Gasteiger partial charge in [-0.25, -0.2) is 0 Å². The number of alkyl halides is 3. The lowest BCUT2D eigenvalue weighted by molar-refractivity contribution is -0.141. The van der Waals surface area contributed by atoms with E-state index in [0.29, 0.717) is 55.4 Å². The van der Waals surface area contributed by atoms with Gasteiger partial charge in [0.25, 0.3) is 5.91 Å². The van der Waals surface area contributed by atoms with E-state index in [1.807, 2.05) is 13.0 Å². The number of pyridine rings is 1. The van der Waals surface area contributed by atoms with E-state index in [4.69, 9.17) is 23.2 Å². The second-order valence-corrected chi connectivity index (χ2v) is 10.1. The summed E-state index contributed by atoms with van der Waals surface area (Å²) in [7, 11) is 0. The van der Waals surface area contributed by atoms with Crippen LogP contribution in [0.4, 0.5) is 13.2 Å². The van der Waals surface area contributed by atoms with Crippen LogP contribution in [0.1, 0.15) is 66.2 Å². The molecule has 2 amide bonds. The zero-order chi connectivity index (χ0) is 26.0. The van der Waals surface area contributed by atoms with E-state index in [9.17, 15) is 22.8 Å². The van der Waals surface area contributed by atoms with Crippen LogP contribution in [0.25, 0.3) is 0 Å². The highest BCUT2D eigenvalue weighted by Crippen LogP contribution is 2.36. The molecule has 0 aliphatic carbocycles. The van der Waals surface area contributed by atoms with Crippen molar-refractivity contribution in [1.29, 1.82) is 0 Å². The molecule has 1 aromatic heterocycles. The van der Waals surface area contributed by atoms with Gasteiger partial charge in [0.2, 0.25) is 5.91 Å². The highest BCUT2D eigenvalue weighted by Gasteiger charge is 2.43. The highest BCUT2D eigenvalue weighted by molar-refractivity contribution is 6.42. The molecule has 0 bridgehead atoms. The quantitative estimate of drug-likeness (QED) is 0.439. The van der Waals surface area contributed by atoms with Gasteiger partial charge in [-0.15, -0.1) is 0 Å². The van der Waals surface area contributed by atoms with Crippen molar-refractivity contribution in [3.63, 3.8) is 0 Å². The summed E-state index contributed by atoms with van der Waals surface area (Å²) in [4.78, 5) is 34.2. The second kappa shape index (κ2) is 11.0. The number of benzene rings is 1. The molecule has 2 aromatic rings. The van der Waals surface area contributed by atoms with Crippen LogP contribution in [0.15, 0.2) is 30.5 Å². The molecule has 0 saturated carbocycles. The van der Waals surface area contributed by atoms with Crippen molar-refractivity contribution in [2.75, 3.05) is 13.1 Å². The van der Waals surface area contributed by atoms with Gasteiger partial charge >= 0.3 is 6.18 Å². The van der Waals surface area contributed by atoms with Gasteiger partial charge < -0.3 is 9.80 Å². The normalized spacial score (nSPS) is 20.3. The number of likely N-dealkylation sites (tertiary alicyclic amines) is 1. The lowest BCUT2D eigenvalue weighted by atomic mass is 9.84. The minimum atomic E-state index is -4.70. The molecular formula is C26H28Cl2F3N3O2. The Labute approximate surface area is 218 Å². The zero-order valence-electron chi connectivity index (χ0n) is 20.0. The number of carbonyl (C=O) groups is 2. The third-order valence-electron chi connectivity index (χ3n) is 7.12. The third-order valence-corrected chi connectivity index (χ3v) is 7.97. The van der Waals surface area contributed by atoms with E-state index in [-0.39, 0.29) is 5.91 Å². The predicted molar refractivity (Wildman–Crippen MR) is 132 cm³/mol. The molecule has 1 fully saturated rings. The van der Waals surface area contributed by atoms with E-state index >= 15 is 0 Å². The van der Waals surface area contributed by atoms with Crippen molar-refractivity contribution in [3.05, 3.63) is 62.9 Å². The van der Waals surface area contributed by atoms with Gasteiger partial charge in [-0.2, -0.15) is 13.2 Å². The standard InChI is InChI=1S/C26H28Cl2F3N3O2/c1-2-3-8-21-18(24(35)33-14-11-17-16(15-33)9-10-20(27)22(17)28)6-5-13-34(21)25(36)23-19(26(29,30)31)7-4-12-32-23/h4,7,9-10,12,18,21H,2-3,5-6,8,11,13-15H2,1H3/t18-,21-/m1/s1. The molecule has 0 unspecified atom stereocenters. The van der Waals surface area contributed by atoms with Crippen molar-refractivity contribution in [2.24, 2.45) is 5.92 Å². The number of carbonyl (C=O) groups excluding carboxylic acids is 2. The van der Waals surface area contributed by atoms with Crippen LogP contribution >= 0.6 is 23.2 Å². The van der Waals surface area contributed by atoms with E-state index in [0.717, 1.165) is 30.0 Å². The monoisotopic (exact) mass is 541 g/mol. The number of unbranched alkanes of at least 4 members (excludes halogenated alkanes) is 1. The van der Waals surface area contributed by atoms with Crippen molar-refractivity contribution in [1.82, 2.24) is 14.8 Å². The minimum absolute atomic E-state index is 0.0811. The molecule has 4 rings (SSSR count). The Hall–Kier alpha value is -2.32. The molecule has 1 saturated heterocycles.